The van der Waals surface area contributed by atoms with Gasteiger partial charge in [0.2, 0.25) is 11.8 Å². The van der Waals surface area contributed by atoms with Crippen molar-refractivity contribution in [1.29, 1.82) is 0 Å². The highest BCUT2D eigenvalue weighted by molar-refractivity contribution is 5.95. The standard InChI is InChI=1S/C12H18N4O2/c1-8(16(2)7-11(14)17)12(18)15-10-5-3-9(13)4-6-10/h3-6,8H,7,13H2,1-2H3,(H2,14,17)(H,15,18). The van der Waals surface area contributed by atoms with Gasteiger partial charge in [0, 0.05) is 11.4 Å². The van der Waals surface area contributed by atoms with E-state index in [0.29, 0.717) is 11.4 Å². The third-order valence-corrected chi connectivity index (χ3v) is 2.62. The normalized spacial score (nSPS) is 12.2. The minimum absolute atomic E-state index is 0.0380. The summed E-state index contributed by atoms with van der Waals surface area (Å²) >= 11 is 0. The smallest absolute Gasteiger partial charge is 0.241 e. The van der Waals surface area contributed by atoms with Gasteiger partial charge in [0.05, 0.1) is 12.6 Å². The summed E-state index contributed by atoms with van der Waals surface area (Å²) in [5.74, 6) is -0.673. The van der Waals surface area contributed by atoms with E-state index in [9.17, 15) is 9.59 Å². The van der Waals surface area contributed by atoms with Crippen LogP contribution in [0.5, 0.6) is 0 Å². The second-order valence-electron chi connectivity index (χ2n) is 4.17. The Kier molecular flexibility index (Phi) is 4.67. The topological polar surface area (TPSA) is 101 Å². The largest absolute Gasteiger partial charge is 0.399 e. The number of carbonyl (C=O) groups excluding carboxylic acids is 2. The summed E-state index contributed by atoms with van der Waals surface area (Å²) in [6.07, 6.45) is 0. The number of nitrogens with one attached hydrogen (secondary N) is 1. The predicted molar refractivity (Wildman–Crippen MR) is 70.8 cm³/mol. The molecule has 0 fully saturated rings. The lowest BCUT2D eigenvalue weighted by molar-refractivity contribution is -0.123. The third-order valence-electron chi connectivity index (χ3n) is 2.62. The van der Waals surface area contributed by atoms with Gasteiger partial charge in [-0.05, 0) is 38.2 Å². The number of likely N-dealkylation sites (N-methyl/N-ethyl adjacent to an activating group) is 1. The van der Waals surface area contributed by atoms with Crippen molar-refractivity contribution in [3.63, 3.8) is 0 Å². The molecule has 6 nitrogen and oxygen atoms in total. The zero-order valence-electron chi connectivity index (χ0n) is 10.5. The van der Waals surface area contributed by atoms with Crippen LogP contribution in [0.1, 0.15) is 6.92 Å². The van der Waals surface area contributed by atoms with E-state index >= 15 is 0 Å². The Morgan fingerprint density at radius 1 is 1.33 bits per heavy atom. The fourth-order valence-electron chi connectivity index (χ4n) is 1.40. The molecule has 0 aromatic heterocycles. The van der Waals surface area contributed by atoms with Gasteiger partial charge < -0.3 is 16.8 Å². The van der Waals surface area contributed by atoms with Crippen LogP contribution in [0.3, 0.4) is 0 Å². The SMILES string of the molecule is CC(C(=O)Nc1ccc(N)cc1)N(C)CC(N)=O. The molecule has 18 heavy (non-hydrogen) atoms. The number of nitrogens with two attached hydrogens (primary N) is 2. The predicted octanol–water partition coefficient (Wildman–Crippen LogP) is 0.0129. The summed E-state index contributed by atoms with van der Waals surface area (Å²) in [5, 5.41) is 2.73. The van der Waals surface area contributed by atoms with E-state index in [1.54, 1.807) is 43.1 Å². The quantitative estimate of drug-likeness (QED) is 0.641. The van der Waals surface area contributed by atoms with Gasteiger partial charge in [0.1, 0.15) is 0 Å². The molecule has 0 aliphatic carbocycles. The minimum atomic E-state index is -0.468. The highest BCUT2D eigenvalue weighted by Gasteiger charge is 2.19. The van der Waals surface area contributed by atoms with Gasteiger partial charge in [-0.1, -0.05) is 0 Å². The Hall–Kier alpha value is -2.08. The van der Waals surface area contributed by atoms with E-state index in [-0.39, 0.29) is 12.5 Å². The third kappa shape index (κ3) is 4.06. The molecule has 0 radical (unpaired) electrons. The fourth-order valence-corrected chi connectivity index (χ4v) is 1.40. The summed E-state index contributed by atoms with van der Waals surface area (Å²) in [4.78, 5) is 24.2. The second-order valence-corrected chi connectivity index (χ2v) is 4.17. The second kappa shape index (κ2) is 6.02. The van der Waals surface area contributed by atoms with Crippen LogP contribution in [-0.2, 0) is 9.59 Å². The van der Waals surface area contributed by atoms with Crippen LogP contribution in [0.4, 0.5) is 11.4 Å². The highest BCUT2D eigenvalue weighted by Crippen LogP contribution is 2.11. The molecule has 1 aromatic rings. The Morgan fingerprint density at radius 2 is 1.89 bits per heavy atom. The molecule has 2 amide bonds. The molecule has 1 aromatic carbocycles. The van der Waals surface area contributed by atoms with Crippen molar-refractivity contribution in [1.82, 2.24) is 4.90 Å². The van der Waals surface area contributed by atoms with E-state index in [2.05, 4.69) is 5.32 Å². The van der Waals surface area contributed by atoms with Crippen LogP contribution in [-0.4, -0.2) is 36.3 Å². The Balaban J connectivity index is 2.59. The Labute approximate surface area is 106 Å². The molecule has 0 saturated carbocycles. The first kappa shape index (κ1) is 14.0. The van der Waals surface area contributed by atoms with Gasteiger partial charge in [0.15, 0.2) is 0 Å². The van der Waals surface area contributed by atoms with Crippen LogP contribution in [0.15, 0.2) is 24.3 Å². The van der Waals surface area contributed by atoms with Crippen molar-refractivity contribution in [3.8, 4) is 0 Å². The number of nitrogen functional groups attached to an aromatic ring is 1. The number of nitrogens with zero attached hydrogens (tertiary/aromatic N) is 1. The first-order valence-electron chi connectivity index (χ1n) is 5.55. The summed E-state index contributed by atoms with van der Waals surface area (Å²) in [6.45, 7) is 1.74. The molecular weight excluding hydrogens is 232 g/mol. The van der Waals surface area contributed by atoms with Crippen LogP contribution >= 0.6 is 0 Å². The maximum absolute atomic E-state index is 11.9. The number of benzene rings is 1. The molecule has 98 valence electrons. The number of amides is 2. The van der Waals surface area contributed by atoms with Crippen LogP contribution in [0.2, 0.25) is 0 Å². The van der Waals surface area contributed by atoms with E-state index < -0.39 is 11.9 Å². The lowest BCUT2D eigenvalue weighted by Crippen LogP contribution is -2.43. The zero-order valence-corrected chi connectivity index (χ0v) is 10.5. The first-order chi connectivity index (χ1) is 8.40. The highest BCUT2D eigenvalue weighted by atomic mass is 16.2. The summed E-state index contributed by atoms with van der Waals surface area (Å²) in [6, 6.07) is 6.39. The minimum Gasteiger partial charge on any atom is -0.399 e. The summed E-state index contributed by atoms with van der Waals surface area (Å²) in [7, 11) is 1.66. The molecular formula is C12H18N4O2. The number of hydrogen-bond acceptors (Lipinski definition) is 4. The fraction of sp³-hybridized carbons (Fsp3) is 0.333. The van der Waals surface area contributed by atoms with Gasteiger partial charge in [-0.3, -0.25) is 14.5 Å². The van der Waals surface area contributed by atoms with Crippen molar-refractivity contribution >= 4 is 23.2 Å². The lowest BCUT2D eigenvalue weighted by Gasteiger charge is -2.22. The molecule has 1 atom stereocenters. The number of rotatable bonds is 5. The molecule has 0 spiro atoms. The average molecular weight is 250 g/mol. The molecule has 6 heteroatoms. The lowest BCUT2D eigenvalue weighted by atomic mass is 10.2. The van der Waals surface area contributed by atoms with Gasteiger partial charge in [-0.15, -0.1) is 0 Å². The van der Waals surface area contributed by atoms with Crippen LogP contribution < -0.4 is 16.8 Å². The molecule has 0 saturated heterocycles. The van der Waals surface area contributed by atoms with E-state index in [0.717, 1.165) is 0 Å². The van der Waals surface area contributed by atoms with Crippen LogP contribution in [0, 0.1) is 0 Å². The molecule has 0 heterocycles. The van der Waals surface area contributed by atoms with Gasteiger partial charge in [0.25, 0.3) is 0 Å². The van der Waals surface area contributed by atoms with Crippen molar-refractivity contribution in [3.05, 3.63) is 24.3 Å². The van der Waals surface area contributed by atoms with Gasteiger partial charge in [-0.2, -0.15) is 0 Å². The number of anilines is 2. The monoisotopic (exact) mass is 250 g/mol. The Morgan fingerprint density at radius 3 is 2.39 bits per heavy atom. The van der Waals surface area contributed by atoms with Crippen LogP contribution in [0.25, 0.3) is 0 Å². The van der Waals surface area contributed by atoms with E-state index in [4.69, 9.17) is 11.5 Å². The van der Waals surface area contributed by atoms with Crippen molar-refractivity contribution < 1.29 is 9.59 Å². The molecule has 0 aliphatic heterocycles. The van der Waals surface area contributed by atoms with Crippen molar-refractivity contribution in [2.75, 3.05) is 24.6 Å². The number of primary amides is 1. The Bertz CT molecular complexity index is 430. The summed E-state index contributed by atoms with van der Waals surface area (Å²) < 4.78 is 0. The van der Waals surface area contributed by atoms with Gasteiger partial charge in [-0.25, -0.2) is 0 Å². The maximum Gasteiger partial charge on any atom is 0.241 e. The van der Waals surface area contributed by atoms with E-state index in [1.165, 1.54) is 0 Å². The first-order valence-corrected chi connectivity index (χ1v) is 5.55. The van der Waals surface area contributed by atoms with Crippen molar-refractivity contribution in [2.45, 2.75) is 13.0 Å². The van der Waals surface area contributed by atoms with Gasteiger partial charge >= 0.3 is 0 Å². The average Bonchev–Trinajstić information content (AvgIpc) is 2.30. The van der Waals surface area contributed by atoms with E-state index in [1.807, 2.05) is 0 Å². The number of hydrogen-bond donors (Lipinski definition) is 3. The maximum atomic E-state index is 11.9. The molecule has 1 unspecified atom stereocenters. The number of carbonyl (C=O) groups is 2. The molecule has 5 N–H and O–H groups in total. The molecule has 0 aliphatic rings. The van der Waals surface area contributed by atoms with Crippen molar-refractivity contribution in [2.24, 2.45) is 5.73 Å². The zero-order chi connectivity index (χ0) is 13.7. The molecule has 0 bridgehead atoms. The molecule has 1 rings (SSSR count). The summed E-state index contributed by atoms with van der Waals surface area (Å²) in [5.41, 5.74) is 11.9.